The molecule has 0 unspecified atom stereocenters. The molecule has 18 heavy (non-hydrogen) atoms. The number of hydrazine groups is 1. The molecule has 0 aliphatic heterocycles. The van der Waals surface area contributed by atoms with Crippen molar-refractivity contribution in [2.24, 2.45) is 5.84 Å². The first-order chi connectivity index (χ1) is 8.77. The number of benzene rings is 1. The second kappa shape index (κ2) is 8.06. The Kier molecular flexibility index (Phi) is 6.25. The molecule has 1 aromatic carbocycles. The van der Waals surface area contributed by atoms with Crippen LogP contribution in [0.2, 0.25) is 0 Å². The maximum atomic E-state index is 11.2. The van der Waals surface area contributed by atoms with Gasteiger partial charge in [0.1, 0.15) is 0 Å². The first kappa shape index (κ1) is 14.0. The fourth-order valence-corrected chi connectivity index (χ4v) is 1.54. The molecular weight excluding hydrogens is 232 g/mol. The van der Waals surface area contributed by atoms with Crippen LogP contribution in [-0.4, -0.2) is 19.1 Å². The highest BCUT2D eigenvalue weighted by atomic mass is 16.7. The van der Waals surface area contributed by atoms with Crippen LogP contribution < -0.4 is 16.3 Å². The van der Waals surface area contributed by atoms with Crippen molar-refractivity contribution >= 4 is 11.7 Å². The maximum absolute atomic E-state index is 11.2. The van der Waals surface area contributed by atoms with Gasteiger partial charge in [-0.25, -0.2) is 5.84 Å². The van der Waals surface area contributed by atoms with Gasteiger partial charge in [-0.1, -0.05) is 23.8 Å². The van der Waals surface area contributed by atoms with Gasteiger partial charge in [-0.05, 0) is 12.1 Å². The predicted octanol–water partition coefficient (Wildman–Crippen LogP) is 0.718. The Labute approximate surface area is 106 Å². The summed E-state index contributed by atoms with van der Waals surface area (Å²) in [4.78, 5) is 17.6. The minimum Gasteiger partial charge on any atom is -0.370 e. The zero-order valence-corrected chi connectivity index (χ0v) is 10.0. The van der Waals surface area contributed by atoms with Crippen LogP contribution in [-0.2, 0) is 9.63 Å². The summed E-state index contributed by atoms with van der Waals surface area (Å²) in [6, 6.07) is 11.7. The van der Waals surface area contributed by atoms with Gasteiger partial charge in [0.15, 0.2) is 0 Å². The van der Waals surface area contributed by atoms with Crippen LogP contribution in [0.5, 0.6) is 0 Å². The highest BCUT2D eigenvalue weighted by Gasteiger charge is 2.09. The summed E-state index contributed by atoms with van der Waals surface area (Å²) in [5, 5.41) is 8.63. The molecule has 6 heteroatoms. The third-order valence-corrected chi connectivity index (χ3v) is 2.37. The Morgan fingerprint density at radius 2 is 2.11 bits per heavy atom. The molecule has 0 amide bonds. The highest BCUT2D eigenvalue weighted by molar-refractivity contribution is 5.69. The van der Waals surface area contributed by atoms with Crippen LogP contribution in [0, 0.1) is 11.3 Å². The van der Waals surface area contributed by atoms with Gasteiger partial charge >= 0.3 is 5.97 Å². The number of anilines is 1. The van der Waals surface area contributed by atoms with Gasteiger partial charge in [-0.2, -0.15) is 5.26 Å². The average molecular weight is 248 g/mol. The summed E-state index contributed by atoms with van der Waals surface area (Å²) < 4.78 is 0. The number of carbonyl (C=O) groups excluding carboxylic acids is 1. The molecule has 96 valence electrons. The number of hydrogen-bond donors (Lipinski definition) is 2. The Hall–Kier alpha value is -2.10. The molecule has 0 bridgehead atoms. The van der Waals surface area contributed by atoms with Crippen LogP contribution in [0.1, 0.15) is 12.8 Å². The molecule has 0 spiro atoms. The molecule has 1 aromatic rings. The molecule has 0 saturated carbocycles. The smallest absolute Gasteiger partial charge is 0.328 e. The van der Waals surface area contributed by atoms with Gasteiger partial charge in [-0.3, -0.25) is 4.79 Å². The summed E-state index contributed by atoms with van der Waals surface area (Å²) in [5.74, 6) is 4.44. The van der Waals surface area contributed by atoms with Crippen molar-refractivity contribution in [1.82, 2.24) is 5.59 Å². The van der Waals surface area contributed by atoms with Crippen LogP contribution in [0.4, 0.5) is 5.69 Å². The van der Waals surface area contributed by atoms with E-state index in [0.29, 0.717) is 19.5 Å². The summed E-state index contributed by atoms with van der Waals surface area (Å²) in [5.41, 5.74) is 2.83. The van der Waals surface area contributed by atoms with E-state index in [4.69, 9.17) is 11.1 Å². The van der Waals surface area contributed by atoms with Gasteiger partial charge in [0, 0.05) is 18.8 Å². The Balaban J connectivity index is 2.57. The molecule has 0 aliphatic carbocycles. The van der Waals surface area contributed by atoms with Crippen LogP contribution in [0.3, 0.4) is 0 Å². The summed E-state index contributed by atoms with van der Waals surface area (Å²) in [6.45, 7) is 1.05. The van der Waals surface area contributed by atoms with Gasteiger partial charge < -0.3 is 9.74 Å². The maximum Gasteiger partial charge on any atom is 0.328 e. The standard InChI is InChI=1S/C12H16N4O2/c13-8-4-9-16(10-7-12(17)18-15-14)11-5-2-1-3-6-11/h1-3,5-6,15H,4,7,9-10,14H2. The Morgan fingerprint density at radius 3 is 2.72 bits per heavy atom. The van der Waals surface area contributed by atoms with Crippen molar-refractivity contribution in [3.8, 4) is 6.07 Å². The van der Waals surface area contributed by atoms with E-state index in [1.165, 1.54) is 0 Å². The predicted molar refractivity (Wildman–Crippen MR) is 66.9 cm³/mol. The van der Waals surface area contributed by atoms with Crippen molar-refractivity contribution in [3.63, 3.8) is 0 Å². The SMILES string of the molecule is N#CCCN(CCC(=O)ONN)c1ccccc1. The number of carbonyl (C=O) groups is 1. The van der Waals surface area contributed by atoms with E-state index in [0.717, 1.165) is 5.69 Å². The number of hydrogen-bond acceptors (Lipinski definition) is 6. The lowest BCUT2D eigenvalue weighted by Crippen LogP contribution is -2.31. The van der Waals surface area contributed by atoms with E-state index in [1.807, 2.05) is 40.8 Å². The molecule has 0 fully saturated rings. The molecule has 0 aromatic heterocycles. The molecule has 0 aliphatic rings. The number of rotatable bonds is 7. The average Bonchev–Trinajstić information content (AvgIpc) is 2.40. The lowest BCUT2D eigenvalue weighted by atomic mass is 10.2. The van der Waals surface area contributed by atoms with Crippen LogP contribution in [0.15, 0.2) is 30.3 Å². The molecule has 6 nitrogen and oxygen atoms in total. The largest absolute Gasteiger partial charge is 0.370 e. The first-order valence-corrected chi connectivity index (χ1v) is 5.60. The normalized spacial score (nSPS) is 9.56. The lowest BCUT2D eigenvalue weighted by molar-refractivity contribution is -0.151. The van der Waals surface area contributed by atoms with E-state index in [1.54, 1.807) is 0 Å². The highest BCUT2D eigenvalue weighted by Crippen LogP contribution is 2.13. The summed E-state index contributed by atoms with van der Waals surface area (Å²) in [6.07, 6.45) is 0.601. The number of para-hydroxylation sites is 1. The second-order valence-corrected chi connectivity index (χ2v) is 3.57. The quantitative estimate of drug-likeness (QED) is 0.545. The number of nitrogens with two attached hydrogens (primary N) is 1. The molecule has 1 rings (SSSR count). The van der Waals surface area contributed by atoms with Crippen LogP contribution >= 0.6 is 0 Å². The van der Waals surface area contributed by atoms with Crippen molar-refractivity contribution in [3.05, 3.63) is 30.3 Å². The van der Waals surface area contributed by atoms with Crippen molar-refractivity contribution in [2.75, 3.05) is 18.0 Å². The van der Waals surface area contributed by atoms with E-state index in [9.17, 15) is 4.79 Å². The number of nitriles is 1. The van der Waals surface area contributed by atoms with E-state index in [-0.39, 0.29) is 6.42 Å². The van der Waals surface area contributed by atoms with Gasteiger partial charge in [0.25, 0.3) is 0 Å². The van der Waals surface area contributed by atoms with E-state index >= 15 is 0 Å². The van der Waals surface area contributed by atoms with Gasteiger partial charge in [-0.15, -0.1) is 0 Å². The van der Waals surface area contributed by atoms with Gasteiger partial charge in [0.05, 0.1) is 18.9 Å². The third kappa shape index (κ3) is 4.82. The Bertz CT molecular complexity index is 402. The zero-order valence-electron chi connectivity index (χ0n) is 10.0. The van der Waals surface area contributed by atoms with Crippen LogP contribution in [0.25, 0.3) is 0 Å². The minimum absolute atomic E-state index is 0.199. The topological polar surface area (TPSA) is 91.4 Å². The molecule has 3 N–H and O–H groups in total. The molecule has 0 atom stereocenters. The molecule has 0 saturated heterocycles. The Morgan fingerprint density at radius 1 is 1.39 bits per heavy atom. The third-order valence-electron chi connectivity index (χ3n) is 2.37. The molecule has 0 radical (unpaired) electrons. The summed E-state index contributed by atoms with van der Waals surface area (Å²) >= 11 is 0. The van der Waals surface area contributed by atoms with Crippen molar-refractivity contribution in [1.29, 1.82) is 5.26 Å². The van der Waals surface area contributed by atoms with Gasteiger partial charge in [0.2, 0.25) is 0 Å². The number of nitrogens with one attached hydrogen (secondary N) is 1. The van der Waals surface area contributed by atoms with E-state index < -0.39 is 5.97 Å². The fourth-order valence-electron chi connectivity index (χ4n) is 1.54. The molecule has 0 heterocycles. The number of nitrogens with zero attached hydrogens (tertiary/aromatic N) is 2. The monoisotopic (exact) mass is 248 g/mol. The van der Waals surface area contributed by atoms with E-state index in [2.05, 4.69) is 10.9 Å². The second-order valence-electron chi connectivity index (χ2n) is 3.57. The lowest BCUT2D eigenvalue weighted by Gasteiger charge is -2.23. The van der Waals surface area contributed by atoms with Crippen molar-refractivity contribution in [2.45, 2.75) is 12.8 Å². The zero-order chi connectivity index (χ0) is 13.2. The minimum atomic E-state index is -0.435. The van der Waals surface area contributed by atoms with Crippen molar-refractivity contribution < 1.29 is 9.63 Å². The summed E-state index contributed by atoms with van der Waals surface area (Å²) in [7, 11) is 0. The fraction of sp³-hybridized carbons (Fsp3) is 0.333. The molecular formula is C12H16N4O2. The first-order valence-electron chi connectivity index (χ1n) is 5.60.